The average Bonchev–Trinajstić information content (AvgIpc) is 3.66. The van der Waals surface area contributed by atoms with Crippen LogP contribution in [0.3, 0.4) is 0 Å². The maximum Gasteiger partial charge on any atom is 0.240 e. The topological polar surface area (TPSA) is 98.8 Å². The van der Waals surface area contributed by atoms with E-state index in [1.165, 1.54) is 11.1 Å². The number of hydrogen-bond donors (Lipinski definition) is 3. The number of anilines is 2. The van der Waals surface area contributed by atoms with E-state index >= 15 is 0 Å². The molecule has 8 heteroatoms. The molecule has 2 aromatic heterocycles. The van der Waals surface area contributed by atoms with Crippen LogP contribution >= 0.6 is 0 Å². The maximum absolute atomic E-state index is 12.8. The van der Waals surface area contributed by atoms with Crippen LogP contribution in [0.15, 0.2) is 67.1 Å². The van der Waals surface area contributed by atoms with Gasteiger partial charge in [-0.2, -0.15) is 5.10 Å². The molecular weight excluding hydrogens is 426 g/mol. The third-order valence-corrected chi connectivity index (χ3v) is 6.50. The second-order valence-electron chi connectivity index (χ2n) is 8.78. The molecule has 0 spiro atoms. The smallest absolute Gasteiger partial charge is 0.240 e. The van der Waals surface area contributed by atoms with Crippen LogP contribution in [0.25, 0.3) is 22.5 Å². The molecule has 1 saturated heterocycles. The van der Waals surface area contributed by atoms with Gasteiger partial charge in [0.15, 0.2) is 5.82 Å². The van der Waals surface area contributed by atoms with Gasteiger partial charge in [0.05, 0.1) is 12.2 Å². The van der Waals surface area contributed by atoms with Crippen LogP contribution in [0, 0.1) is 0 Å². The Balaban J connectivity index is 1.17. The molecule has 1 fully saturated rings. The number of benzene rings is 2. The van der Waals surface area contributed by atoms with Crippen molar-refractivity contribution >= 4 is 17.4 Å². The van der Waals surface area contributed by atoms with Crippen molar-refractivity contribution in [3.05, 3.63) is 78.2 Å². The van der Waals surface area contributed by atoms with Crippen LogP contribution in [0.4, 0.5) is 11.5 Å². The SMILES string of the molecule is O=C(C1CCCN1)N1Cc2ccc(-c3nccc(Nc4ccc(-c5cn[nH]c5)cc4)n3)cc2C1. The van der Waals surface area contributed by atoms with Gasteiger partial charge in [0.25, 0.3) is 0 Å². The van der Waals surface area contributed by atoms with Crippen LogP contribution in [0.5, 0.6) is 0 Å². The van der Waals surface area contributed by atoms with Crippen molar-refractivity contribution in [2.45, 2.75) is 32.0 Å². The maximum atomic E-state index is 12.8. The minimum atomic E-state index is -0.0337. The fourth-order valence-electron chi connectivity index (χ4n) is 4.68. The van der Waals surface area contributed by atoms with E-state index in [0.717, 1.165) is 47.6 Å². The number of carbonyl (C=O) groups excluding carboxylic acids is 1. The molecule has 2 aliphatic rings. The number of nitrogens with zero attached hydrogens (tertiary/aromatic N) is 4. The molecule has 0 radical (unpaired) electrons. The molecule has 0 bridgehead atoms. The molecule has 8 nitrogen and oxygen atoms in total. The molecule has 4 aromatic rings. The highest BCUT2D eigenvalue weighted by molar-refractivity contribution is 5.83. The van der Waals surface area contributed by atoms with Crippen molar-refractivity contribution < 1.29 is 4.79 Å². The highest BCUT2D eigenvalue weighted by Crippen LogP contribution is 2.29. The first-order chi connectivity index (χ1) is 16.7. The first kappa shape index (κ1) is 20.6. The van der Waals surface area contributed by atoms with E-state index in [1.807, 2.05) is 47.5 Å². The molecule has 6 rings (SSSR count). The van der Waals surface area contributed by atoms with Crippen molar-refractivity contribution in [3.8, 4) is 22.5 Å². The Morgan fingerprint density at radius 3 is 2.65 bits per heavy atom. The third kappa shape index (κ3) is 4.04. The molecule has 3 N–H and O–H groups in total. The normalized spacial score (nSPS) is 17.1. The van der Waals surface area contributed by atoms with Gasteiger partial charge in [-0.1, -0.05) is 24.3 Å². The fraction of sp³-hybridized carbons (Fsp3) is 0.231. The number of fused-ring (bicyclic) bond motifs is 1. The summed E-state index contributed by atoms with van der Waals surface area (Å²) >= 11 is 0. The van der Waals surface area contributed by atoms with Crippen LogP contribution in [-0.4, -0.2) is 43.6 Å². The van der Waals surface area contributed by atoms with Gasteiger partial charge < -0.3 is 15.5 Å². The lowest BCUT2D eigenvalue weighted by Gasteiger charge is -2.19. The Bertz CT molecular complexity index is 1310. The Kier molecular flexibility index (Phi) is 5.27. The number of aromatic nitrogens is 4. The fourth-order valence-corrected chi connectivity index (χ4v) is 4.68. The van der Waals surface area contributed by atoms with Gasteiger partial charge in [0.1, 0.15) is 5.82 Å². The minimum Gasteiger partial charge on any atom is -0.340 e. The lowest BCUT2D eigenvalue weighted by molar-refractivity contribution is -0.133. The molecule has 2 aliphatic heterocycles. The van der Waals surface area contributed by atoms with Crippen LogP contribution < -0.4 is 10.6 Å². The summed E-state index contributed by atoms with van der Waals surface area (Å²) in [5, 5.41) is 13.5. The van der Waals surface area contributed by atoms with Gasteiger partial charge >= 0.3 is 0 Å². The summed E-state index contributed by atoms with van der Waals surface area (Å²) in [5.41, 5.74) is 6.40. The Morgan fingerprint density at radius 1 is 1.00 bits per heavy atom. The van der Waals surface area contributed by atoms with Crippen molar-refractivity contribution in [1.82, 2.24) is 30.4 Å². The highest BCUT2D eigenvalue weighted by atomic mass is 16.2. The van der Waals surface area contributed by atoms with E-state index in [4.69, 9.17) is 4.98 Å². The van der Waals surface area contributed by atoms with Crippen molar-refractivity contribution in [2.75, 3.05) is 11.9 Å². The lowest BCUT2D eigenvalue weighted by atomic mass is 10.1. The predicted octanol–water partition coefficient (Wildman–Crippen LogP) is 3.87. The summed E-state index contributed by atoms with van der Waals surface area (Å²) in [4.78, 5) is 24.0. The lowest BCUT2D eigenvalue weighted by Crippen LogP contribution is -2.40. The summed E-state index contributed by atoms with van der Waals surface area (Å²) in [5.74, 6) is 1.59. The van der Waals surface area contributed by atoms with E-state index in [1.54, 1.807) is 12.4 Å². The van der Waals surface area contributed by atoms with Gasteiger partial charge in [0, 0.05) is 42.3 Å². The number of nitrogens with one attached hydrogen (secondary N) is 3. The first-order valence-corrected chi connectivity index (χ1v) is 11.6. The second kappa shape index (κ2) is 8.72. The summed E-state index contributed by atoms with van der Waals surface area (Å²) in [6, 6.07) is 16.2. The number of H-pyrrole nitrogens is 1. The monoisotopic (exact) mass is 451 g/mol. The molecule has 2 aromatic carbocycles. The first-order valence-electron chi connectivity index (χ1n) is 11.6. The molecule has 0 aliphatic carbocycles. The molecule has 34 heavy (non-hydrogen) atoms. The summed E-state index contributed by atoms with van der Waals surface area (Å²) in [6.45, 7) is 2.24. The number of amides is 1. The third-order valence-electron chi connectivity index (χ3n) is 6.50. The van der Waals surface area contributed by atoms with Crippen molar-refractivity contribution in [3.63, 3.8) is 0 Å². The van der Waals surface area contributed by atoms with E-state index in [-0.39, 0.29) is 11.9 Å². The van der Waals surface area contributed by atoms with E-state index in [9.17, 15) is 4.79 Å². The van der Waals surface area contributed by atoms with Gasteiger partial charge in [-0.3, -0.25) is 9.89 Å². The van der Waals surface area contributed by atoms with Crippen molar-refractivity contribution in [1.29, 1.82) is 0 Å². The quantitative estimate of drug-likeness (QED) is 0.426. The zero-order chi connectivity index (χ0) is 22.9. The number of carbonyl (C=O) groups is 1. The van der Waals surface area contributed by atoms with Crippen LogP contribution in [0.1, 0.15) is 24.0 Å². The van der Waals surface area contributed by atoms with Crippen LogP contribution in [0.2, 0.25) is 0 Å². The van der Waals surface area contributed by atoms with Crippen LogP contribution in [-0.2, 0) is 17.9 Å². The minimum absolute atomic E-state index is 0.0337. The zero-order valence-electron chi connectivity index (χ0n) is 18.7. The zero-order valence-corrected chi connectivity index (χ0v) is 18.7. The molecular formula is C26H25N7O. The summed E-state index contributed by atoms with van der Waals surface area (Å²) in [6.07, 6.45) is 7.43. The molecule has 1 atom stereocenters. The number of aromatic amines is 1. The predicted molar refractivity (Wildman–Crippen MR) is 130 cm³/mol. The molecule has 4 heterocycles. The largest absolute Gasteiger partial charge is 0.340 e. The van der Waals surface area contributed by atoms with Gasteiger partial charge in [-0.25, -0.2) is 9.97 Å². The Hall–Kier alpha value is -4.04. The molecule has 1 amide bonds. The standard InChI is InChI=1S/C26H25N7O/c34-26(23-2-1-10-27-23)33-15-19-4-3-18(12-20(19)16-33)25-28-11-9-24(32-25)31-22-7-5-17(6-8-22)21-13-29-30-14-21/h3-9,11-14,23,27H,1-2,10,15-16H2,(H,29,30)(H,28,31,32). The van der Waals surface area contributed by atoms with Gasteiger partial charge in [-0.05, 0) is 60.3 Å². The number of hydrogen-bond acceptors (Lipinski definition) is 6. The average molecular weight is 452 g/mol. The number of rotatable bonds is 5. The van der Waals surface area contributed by atoms with Gasteiger partial charge in [0.2, 0.25) is 5.91 Å². The summed E-state index contributed by atoms with van der Waals surface area (Å²) in [7, 11) is 0. The second-order valence-corrected chi connectivity index (χ2v) is 8.78. The van der Waals surface area contributed by atoms with E-state index in [2.05, 4.69) is 37.9 Å². The Morgan fingerprint density at radius 2 is 1.85 bits per heavy atom. The Labute approximate surface area is 197 Å². The molecule has 170 valence electrons. The van der Waals surface area contributed by atoms with E-state index < -0.39 is 0 Å². The van der Waals surface area contributed by atoms with Crippen molar-refractivity contribution in [2.24, 2.45) is 0 Å². The highest BCUT2D eigenvalue weighted by Gasteiger charge is 2.30. The summed E-state index contributed by atoms with van der Waals surface area (Å²) < 4.78 is 0. The molecule has 1 unspecified atom stereocenters. The van der Waals surface area contributed by atoms with E-state index in [0.29, 0.717) is 18.9 Å². The van der Waals surface area contributed by atoms with Gasteiger partial charge in [-0.15, -0.1) is 0 Å². The molecule has 0 saturated carbocycles.